The van der Waals surface area contributed by atoms with Crippen molar-refractivity contribution in [2.24, 2.45) is 5.73 Å². The molecule has 0 aliphatic carbocycles. The van der Waals surface area contributed by atoms with Gasteiger partial charge in [0.05, 0.1) is 22.7 Å². The number of hydrogen-bond donors (Lipinski definition) is 3. The maximum Gasteiger partial charge on any atom is 0.272 e. The average Bonchev–Trinajstić information content (AvgIpc) is 2.34. The summed E-state index contributed by atoms with van der Waals surface area (Å²) >= 11 is 0. The molecular formula is C11H14FN3O4. The molecule has 2 unspecified atom stereocenters. The van der Waals surface area contributed by atoms with E-state index in [2.05, 4.69) is 5.32 Å². The molecule has 1 aromatic carbocycles. The molecule has 0 spiro atoms. The average molecular weight is 271 g/mol. The molecule has 0 aliphatic rings. The van der Waals surface area contributed by atoms with Crippen LogP contribution in [0.25, 0.3) is 0 Å². The summed E-state index contributed by atoms with van der Waals surface area (Å²) in [5.41, 5.74) is 4.75. The second kappa shape index (κ2) is 6.21. The first-order valence-electron chi connectivity index (χ1n) is 5.48. The highest BCUT2D eigenvalue weighted by Gasteiger charge is 2.17. The summed E-state index contributed by atoms with van der Waals surface area (Å²) in [5.74, 6) is -1.74. The summed E-state index contributed by atoms with van der Waals surface area (Å²) in [7, 11) is 0. The van der Waals surface area contributed by atoms with Crippen molar-refractivity contribution in [1.82, 2.24) is 5.32 Å². The zero-order valence-electron chi connectivity index (χ0n) is 10.2. The number of amides is 1. The zero-order valence-corrected chi connectivity index (χ0v) is 10.2. The van der Waals surface area contributed by atoms with Gasteiger partial charge in [-0.2, -0.15) is 0 Å². The second-order valence-corrected chi connectivity index (χ2v) is 4.04. The molecular weight excluding hydrogens is 257 g/mol. The van der Waals surface area contributed by atoms with E-state index in [1.807, 2.05) is 0 Å². The topological polar surface area (TPSA) is 118 Å². The Kier molecular flexibility index (Phi) is 4.90. The van der Waals surface area contributed by atoms with Crippen molar-refractivity contribution in [3.63, 3.8) is 0 Å². The first kappa shape index (κ1) is 15.0. The van der Waals surface area contributed by atoms with Crippen LogP contribution in [-0.4, -0.2) is 34.6 Å². The Morgan fingerprint density at radius 1 is 1.63 bits per heavy atom. The van der Waals surface area contributed by atoms with Gasteiger partial charge in [-0.05, 0) is 13.0 Å². The molecule has 4 N–H and O–H groups in total. The number of carbonyl (C=O) groups is 1. The number of hydrogen-bond acceptors (Lipinski definition) is 5. The SMILES string of the molecule is CC(O)C(N)CNC(=O)c1ccc([N+](=O)[O-])cc1F. The molecule has 0 bridgehead atoms. The van der Waals surface area contributed by atoms with Crippen molar-refractivity contribution < 1.29 is 19.2 Å². The van der Waals surface area contributed by atoms with Crippen molar-refractivity contribution in [2.75, 3.05) is 6.54 Å². The van der Waals surface area contributed by atoms with Gasteiger partial charge in [0.25, 0.3) is 11.6 Å². The van der Waals surface area contributed by atoms with E-state index in [0.29, 0.717) is 6.07 Å². The molecule has 0 heterocycles. The van der Waals surface area contributed by atoms with Crippen LogP contribution in [0.15, 0.2) is 18.2 Å². The molecule has 0 radical (unpaired) electrons. The third-order valence-electron chi connectivity index (χ3n) is 2.53. The predicted molar refractivity (Wildman–Crippen MR) is 65.0 cm³/mol. The number of nitrogens with one attached hydrogen (secondary N) is 1. The highest BCUT2D eigenvalue weighted by molar-refractivity contribution is 5.94. The van der Waals surface area contributed by atoms with Gasteiger partial charge in [-0.3, -0.25) is 14.9 Å². The van der Waals surface area contributed by atoms with Gasteiger partial charge < -0.3 is 16.2 Å². The first-order valence-corrected chi connectivity index (χ1v) is 5.48. The Labute approximate surface area is 108 Å². The summed E-state index contributed by atoms with van der Waals surface area (Å²) in [6, 6.07) is 2.05. The maximum atomic E-state index is 13.5. The minimum absolute atomic E-state index is 0.0348. The van der Waals surface area contributed by atoms with Crippen LogP contribution in [0, 0.1) is 15.9 Å². The van der Waals surface area contributed by atoms with E-state index in [1.54, 1.807) is 0 Å². The maximum absolute atomic E-state index is 13.5. The molecule has 19 heavy (non-hydrogen) atoms. The molecule has 1 amide bonds. The lowest BCUT2D eigenvalue weighted by molar-refractivity contribution is -0.385. The highest BCUT2D eigenvalue weighted by Crippen LogP contribution is 2.16. The molecule has 8 heteroatoms. The van der Waals surface area contributed by atoms with Gasteiger partial charge in [0, 0.05) is 18.7 Å². The number of nitrogens with two attached hydrogens (primary N) is 1. The minimum Gasteiger partial charge on any atom is -0.392 e. The van der Waals surface area contributed by atoms with Crippen LogP contribution in [0.5, 0.6) is 0 Å². The van der Waals surface area contributed by atoms with Gasteiger partial charge in [0.15, 0.2) is 0 Å². The van der Waals surface area contributed by atoms with Gasteiger partial charge in [0.2, 0.25) is 0 Å². The molecule has 0 saturated heterocycles. The van der Waals surface area contributed by atoms with E-state index in [9.17, 15) is 19.3 Å². The van der Waals surface area contributed by atoms with Gasteiger partial charge in [0.1, 0.15) is 5.82 Å². The lowest BCUT2D eigenvalue weighted by Crippen LogP contribution is -2.43. The summed E-state index contributed by atoms with van der Waals surface area (Å²) in [5, 5.41) is 21.9. The number of aliphatic hydroxyl groups excluding tert-OH is 1. The number of aliphatic hydroxyl groups is 1. The van der Waals surface area contributed by atoms with E-state index >= 15 is 0 Å². The quantitative estimate of drug-likeness (QED) is 0.521. The Bertz CT molecular complexity index is 493. The largest absolute Gasteiger partial charge is 0.392 e. The van der Waals surface area contributed by atoms with Gasteiger partial charge in [-0.25, -0.2) is 4.39 Å². The van der Waals surface area contributed by atoms with E-state index in [1.165, 1.54) is 6.92 Å². The molecule has 104 valence electrons. The predicted octanol–water partition coefficient (Wildman–Crippen LogP) is 0.172. The fourth-order valence-electron chi connectivity index (χ4n) is 1.28. The van der Waals surface area contributed by atoms with Crippen LogP contribution in [0.2, 0.25) is 0 Å². The number of carbonyl (C=O) groups excluding carboxylic acids is 1. The van der Waals surface area contributed by atoms with Crippen molar-refractivity contribution >= 4 is 11.6 Å². The number of halogens is 1. The normalized spacial score (nSPS) is 13.7. The summed E-state index contributed by atoms with van der Waals surface area (Å²) in [6.07, 6.45) is -0.818. The highest BCUT2D eigenvalue weighted by atomic mass is 19.1. The molecule has 0 aromatic heterocycles. The number of nitrogens with zero attached hydrogens (tertiary/aromatic N) is 1. The summed E-state index contributed by atoms with van der Waals surface area (Å²) < 4.78 is 13.5. The fraction of sp³-hybridized carbons (Fsp3) is 0.364. The van der Waals surface area contributed by atoms with Gasteiger partial charge in [-0.1, -0.05) is 0 Å². The monoisotopic (exact) mass is 271 g/mol. The lowest BCUT2D eigenvalue weighted by atomic mass is 10.1. The standard InChI is InChI=1S/C11H14FN3O4/c1-6(16)10(13)5-14-11(17)8-3-2-7(15(18)19)4-9(8)12/h2-4,6,10,16H,5,13H2,1H3,(H,14,17). The molecule has 0 fully saturated rings. The van der Waals surface area contributed by atoms with Crippen LogP contribution in [-0.2, 0) is 0 Å². The first-order chi connectivity index (χ1) is 8.82. The molecule has 0 saturated carbocycles. The molecule has 2 atom stereocenters. The second-order valence-electron chi connectivity index (χ2n) is 4.04. The van der Waals surface area contributed by atoms with Crippen LogP contribution in [0.3, 0.4) is 0 Å². The van der Waals surface area contributed by atoms with Gasteiger partial charge in [-0.15, -0.1) is 0 Å². The number of nitro benzene ring substituents is 1. The lowest BCUT2D eigenvalue weighted by Gasteiger charge is -2.15. The van der Waals surface area contributed by atoms with Crippen LogP contribution in [0.4, 0.5) is 10.1 Å². The van der Waals surface area contributed by atoms with E-state index in [-0.39, 0.29) is 12.1 Å². The fourth-order valence-corrected chi connectivity index (χ4v) is 1.28. The number of benzene rings is 1. The van der Waals surface area contributed by atoms with Crippen molar-refractivity contribution in [2.45, 2.75) is 19.1 Å². The smallest absolute Gasteiger partial charge is 0.272 e. The third kappa shape index (κ3) is 3.97. The van der Waals surface area contributed by atoms with Crippen LogP contribution >= 0.6 is 0 Å². The van der Waals surface area contributed by atoms with Crippen LogP contribution < -0.4 is 11.1 Å². The Morgan fingerprint density at radius 2 is 2.26 bits per heavy atom. The Hall–Kier alpha value is -2.06. The van der Waals surface area contributed by atoms with Crippen molar-refractivity contribution in [3.05, 3.63) is 39.7 Å². The molecule has 7 nitrogen and oxygen atoms in total. The van der Waals surface area contributed by atoms with E-state index < -0.39 is 34.5 Å². The van der Waals surface area contributed by atoms with Crippen LogP contribution in [0.1, 0.15) is 17.3 Å². The zero-order chi connectivity index (χ0) is 14.6. The van der Waals surface area contributed by atoms with Crippen molar-refractivity contribution in [3.8, 4) is 0 Å². The van der Waals surface area contributed by atoms with E-state index in [4.69, 9.17) is 10.8 Å². The number of nitro groups is 1. The third-order valence-corrected chi connectivity index (χ3v) is 2.53. The number of non-ortho nitro benzene ring substituents is 1. The Balaban J connectivity index is 2.75. The molecule has 1 aromatic rings. The minimum atomic E-state index is -0.989. The summed E-state index contributed by atoms with van der Waals surface area (Å²) in [4.78, 5) is 21.3. The van der Waals surface area contributed by atoms with Gasteiger partial charge >= 0.3 is 0 Å². The van der Waals surface area contributed by atoms with E-state index in [0.717, 1.165) is 12.1 Å². The Morgan fingerprint density at radius 3 is 2.74 bits per heavy atom. The summed E-state index contributed by atoms with van der Waals surface area (Å²) in [6.45, 7) is 1.43. The number of rotatable bonds is 5. The van der Waals surface area contributed by atoms with Crippen molar-refractivity contribution in [1.29, 1.82) is 0 Å². The molecule has 1 rings (SSSR count). The molecule has 0 aliphatic heterocycles.